The van der Waals surface area contributed by atoms with Gasteiger partial charge in [0.05, 0.1) is 40.9 Å². The van der Waals surface area contributed by atoms with E-state index in [0.717, 1.165) is 5.69 Å². The Morgan fingerprint density at radius 2 is 1.22 bits per heavy atom. The lowest BCUT2D eigenvalue weighted by Gasteiger charge is -2.22. The molecule has 0 fully saturated rings. The van der Waals surface area contributed by atoms with Crippen molar-refractivity contribution in [1.82, 2.24) is 0 Å². The second-order valence-corrected chi connectivity index (χ2v) is 9.39. The number of azo groups is 2. The summed E-state index contributed by atoms with van der Waals surface area (Å²) in [5.41, 5.74) is 2.92. The first-order chi connectivity index (χ1) is 17.9. The number of hydrogen-bond acceptors (Lipinski definition) is 9. The molecule has 190 valence electrons. The van der Waals surface area contributed by atoms with Gasteiger partial charge in [-0.05, 0) is 60.7 Å². The summed E-state index contributed by atoms with van der Waals surface area (Å²) in [5.74, 6) is 0. The van der Waals surface area contributed by atoms with Crippen LogP contribution in [0.25, 0.3) is 10.8 Å². The number of fused-ring (bicyclic) bond motifs is 1. The van der Waals surface area contributed by atoms with E-state index in [-0.39, 0.29) is 18.1 Å². The van der Waals surface area contributed by atoms with Gasteiger partial charge in [-0.1, -0.05) is 24.3 Å². The zero-order valence-electron chi connectivity index (χ0n) is 19.7. The van der Waals surface area contributed by atoms with E-state index < -0.39 is 10.1 Å². The number of hydrogen-bond donors (Lipinski definition) is 3. The van der Waals surface area contributed by atoms with E-state index in [0.29, 0.717) is 46.6 Å². The third-order valence-electron chi connectivity index (χ3n) is 5.50. The fraction of sp³-hybridized carbons (Fsp3) is 0.154. The molecule has 4 rings (SSSR count). The Kier molecular flexibility index (Phi) is 8.31. The van der Waals surface area contributed by atoms with E-state index in [1.807, 2.05) is 35.2 Å². The lowest BCUT2D eigenvalue weighted by Crippen LogP contribution is -2.29. The third kappa shape index (κ3) is 6.60. The van der Waals surface area contributed by atoms with Crippen LogP contribution in [0, 0.1) is 0 Å². The minimum absolute atomic E-state index is 0.0330. The van der Waals surface area contributed by atoms with Gasteiger partial charge in [0.15, 0.2) is 0 Å². The predicted molar refractivity (Wildman–Crippen MR) is 141 cm³/mol. The molecule has 0 atom stereocenters. The van der Waals surface area contributed by atoms with Crippen molar-refractivity contribution in [3.63, 3.8) is 0 Å². The molecular weight excluding hydrogens is 494 g/mol. The summed E-state index contributed by atoms with van der Waals surface area (Å²) >= 11 is 0. The van der Waals surface area contributed by atoms with Gasteiger partial charge in [0.2, 0.25) is 0 Å². The van der Waals surface area contributed by atoms with Gasteiger partial charge < -0.3 is 15.1 Å². The molecule has 0 saturated carbocycles. The fourth-order valence-corrected chi connectivity index (χ4v) is 4.20. The second kappa shape index (κ2) is 11.8. The minimum Gasteiger partial charge on any atom is -0.395 e. The normalized spacial score (nSPS) is 12.1. The molecule has 0 aliphatic rings. The van der Waals surface area contributed by atoms with E-state index in [1.54, 1.807) is 42.5 Å². The van der Waals surface area contributed by atoms with Crippen molar-refractivity contribution in [2.45, 2.75) is 4.90 Å². The average molecular weight is 520 g/mol. The molecule has 10 nitrogen and oxygen atoms in total. The Bertz CT molecular complexity index is 1520. The van der Waals surface area contributed by atoms with Gasteiger partial charge in [-0.25, -0.2) is 0 Å². The summed E-state index contributed by atoms with van der Waals surface area (Å²) in [4.78, 5) is 1.58. The highest BCUT2D eigenvalue weighted by Crippen LogP contribution is 2.36. The van der Waals surface area contributed by atoms with Crippen molar-refractivity contribution >= 4 is 49.3 Å². The molecule has 3 N–H and O–H groups in total. The Morgan fingerprint density at radius 3 is 1.78 bits per heavy atom. The van der Waals surface area contributed by atoms with Crippen LogP contribution in [0.15, 0.2) is 110 Å². The van der Waals surface area contributed by atoms with Crippen LogP contribution in [0.2, 0.25) is 0 Å². The first-order valence-corrected chi connectivity index (χ1v) is 12.8. The van der Waals surface area contributed by atoms with E-state index in [9.17, 15) is 23.2 Å². The highest BCUT2D eigenvalue weighted by Gasteiger charge is 2.14. The number of benzene rings is 4. The number of nitrogens with zero attached hydrogens (tertiary/aromatic N) is 5. The van der Waals surface area contributed by atoms with Crippen LogP contribution < -0.4 is 4.90 Å². The molecule has 11 heteroatoms. The lowest BCUT2D eigenvalue weighted by molar-refractivity contribution is 0.281. The summed E-state index contributed by atoms with van der Waals surface area (Å²) in [6.07, 6.45) is 0. The molecule has 4 aromatic carbocycles. The lowest BCUT2D eigenvalue weighted by atomic mass is 10.1. The van der Waals surface area contributed by atoms with E-state index in [1.165, 1.54) is 12.1 Å². The molecule has 0 heterocycles. The maximum atomic E-state index is 11.7. The van der Waals surface area contributed by atoms with Gasteiger partial charge in [-0.2, -0.15) is 18.6 Å². The van der Waals surface area contributed by atoms with Crippen molar-refractivity contribution < 1.29 is 23.2 Å². The van der Waals surface area contributed by atoms with Gasteiger partial charge in [-0.3, -0.25) is 4.55 Å². The van der Waals surface area contributed by atoms with Gasteiger partial charge in [0.1, 0.15) is 0 Å². The average Bonchev–Trinajstić information content (AvgIpc) is 2.91. The Morgan fingerprint density at radius 1 is 0.649 bits per heavy atom. The molecule has 0 radical (unpaired) electrons. The minimum atomic E-state index is -4.43. The Balaban J connectivity index is 1.68. The maximum Gasteiger partial charge on any atom is 0.294 e. The molecule has 0 aromatic heterocycles. The Labute approximate surface area is 214 Å². The predicted octanol–water partition coefficient (Wildman–Crippen LogP) is 5.71. The monoisotopic (exact) mass is 519 g/mol. The summed E-state index contributed by atoms with van der Waals surface area (Å²) in [6.45, 7) is 0.726. The molecule has 37 heavy (non-hydrogen) atoms. The molecular formula is C26H25N5O5S. The van der Waals surface area contributed by atoms with Crippen molar-refractivity contribution in [3.05, 3.63) is 84.9 Å². The topological polar surface area (TPSA) is 148 Å². The zero-order chi connectivity index (χ0) is 26.3. The molecule has 0 bridgehead atoms. The van der Waals surface area contributed by atoms with Crippen LogP contribution in [0.1, 0.15) is 0 Å². The number of rotatable bonds is 10. The van der Waals surface area contributed by atoms with Crippen molar-refractivity contribution in [2.24, 2.45) is 20.5 Å². The van der Waals surface area contributed by atoms with E-state index in [4.69, 9.17) is 0 Å². The largest absolute Gasteiger partial charge is 0.395 e. The SMILES string of the molecule is O=S(=O)(O)c1ccc2c(N=Nc3ccc(N(CCO)CCO)cc3)ccc(N=Nc3ccccc3)c2c1. The standard InChI is InChI=1S/C26H25N5O5S/c32-16-14-31(15-17-33)21-8-6-20(7-9-21)28-29-25-12-13-26(30-27-19-4-2-1-3-5-19)24-18-22(37(34,35)36)10-11-23(24)25/h1-13,18,32-33H,14-17H2,(H,34,35,36). The highest BCUT2D eigenvalue weighted by atomic mass is 32.2. The summed E-state index contributed by atoms with van der Waals surface area (Å²) in [5, 5.41) is 36.6. The first kappa shape index (κ1) is 26.0. The summed E-state index contributed by atoms with van der Waals surface area (Å²) in [7, 11) is -4.43. The smallest absolute Gasteiger partial charge is 0.294 e. The summed E-state index contributed by atoms with van der Waals surface area (Å²) in [6, 6.07) is 23.8. The van der Waals surface area contributed by atoms with Gasteiger partial charge in [0.25, 0.3) is 10.1 Å². The van der Waals surface area contributed by atoms with Gasteiger partial charge in [-0.15, -0.1) is 10.2 Å². The number of aliphatic hydroxyl groups is 2. The van der Waals surface area contributed by atoms with Crippen LogP contribution in [0.4, 0.5) is 28.4 Å². The molecule has 0 amide bonds. The third-order valence-corrected chi connectivity index (χ3v) is 6.35. The number of anilines is 1. The van der Waals surface area contributed by atoms with Crippen LogP contribution in [0.5, 0.6) is 0 Å². The second-order valence-electron chi connectivity index (χ2n) is 7.97. The zero-order valence-corrected chi connectivity index (χ0v) is 20.5. The summed E-state index contributed by atoms with van der Waals surface area (Å²) < 4.78 is 33.0. The first-order valence-electron chi connectivity index (χ1n) is 11.4. The van der Waals surface area contributed by atoms with E-state index >= 15 is 0 Å². The Hall–Kier alpha value is -4.03. The molecule has 0 spiro atoms. The van der Waals surface area contributed by atoms with Gasteiger partial charge >= 0.3 is 0 Å². The molecule has 0 unspecified atom stereocenters. The van der Waals surface area contributed by atoms with Crippen molar-refractivity contribution in [1.29, 1.82) is 0 Å². The van der Waals surface area contributed by atoms with Gasteiger partial charge in [0, 0.05) is 29.5 Å². The molecule has 0 aliphatic carbocycles. The maximum absolute atomic E-state index is 11.7. The van der Waals surface area contributed by atoms with E-state index in [2.05, 4.69) is 20.5 Å². The quantitative estimate of drug-likeness (QED) is 0.181. The van der Waals surface area contributed by atoms with Crippen molar-refractivity contribution in [2.75, 3.05) is 31.2 Å². The highest BCUT2D eigenvalue weighted by molar-refractivity contribution is 7.85. The molecule has 0 saturated heterocycles. The van der Waals surface area contributed by atoms with Crippen LogP contribution in [-0.2, 0) is 10.1 Å². The fourth-order valence-electron chi connectivity index (χ4n) is 3.69. The van der Waals surface area contributed by atoms with Crippen molar-refractivity contribution in [3.8, 4) is 0 Å². The van der Waals surface area contributed by atoms with Crippen LogP contribution in [0.3, 0.4) is 0 Å². The molecule has 4 aromatic rings. The molecule has 0 aliphatic heterocycles. The van der Waals surface area contributed by atoms with Crippen LogP contribution >= 0.6 is 0 Å². The number of aliphatic hydroxyl groups excluding tert-OH is 2. The van der Waals surface area contributed by atoms with Crippen LogP contribution in [-0.4, -0.2) is 49.5 Å².